The Morgan fingerprint density at radius 1 is 1.15 bits per heavy atom. The number of nitrogens with zero attached hydrogens (tertiary/aromatic N) is 3. The van der Waals surface area contributed by atoms with Gasteiger partial charge in [0.05, 0.1) is 18.1 Å². The zero-order chi connectivity index (χ0) is 9.26. The summed E-state index contributed by atoms with van der Waals surface area (Å²) in [7, 11) is 0. The molecular weight excluding hydrogens is 176 g/mol. The molecule has 0 aliphatic heterocycles. The second-order valence-corrected chi connectivity index (χ2v) is 2.33. The van der Waals surface area contributed by atoms with Gasteiger partial charge in [-0.05, 0) is 6.07 Å². The van der Waals surface area contributed by atoms with Crippen LogP contribution in [-0.2, 0) is 0 Å². The van der Waals surface area contributed by atoms with E-state index >= 15 is 0 Å². The molecule has 0 N–H and O–H groups in total. The lowest BCUT2D eigenvalue weighted by Gasteiger charge is -1.98. The van der Waals surface area contributed by atoms with Crippen LogP contribution in [0.2, 0.25) is 0 Å². The second kappa shape index (κ2) is 2.93. The first-order valence-corrected chi connectivity index (χ1v) is 3.51. The van der Waals surface area contributed by atoms with Crippen molar-refractivity contribution in [1.82, 2.24) is 15.0 Å². The van der Waals surface area contributed by atoms with Gasteiger partial charge < -0.3 is 0 Å². The van der Waals surface area contributed by atoms with Crippen LogP contribution in [0, 0.1) is 17.7 Å². The SMILES string of the molecule is Fc1c[c]c(-n2nccn2)cc1F. The van der Waals surface area contributed by atoms with E-state index < -0.39 is 11.6 Å². The van der Waals surface area contributed by atoms with E-state index in [2.05, 4.69) is 16.3 Å². The van der Waals surface area contributed by atoms with Crippen molar-refractivity contribution in [3.63, 3.8) is 0 Å². The van der Waals surface area contributed by atoms with Gasteiger partial charge >= 0.3 is 0 Å². The topological polar surface area (TPSA) is 30.7 Å². The summed E-state index contributed by atoms with van der Waals surface area (Å²) in [5.74, 6) is -1.87. The Hall–Kier alpha value is -1.78. The minimum Gasteiger partial charge on any atom is -0.204 e. The fourth-order valence-corrected chi connectivity index (χ4v) is 0.893. The van der Waals surface area contributed by atoms with Gasteiger partial charge in [0.15, 0.2) is 11.6 Å². The van der Waals surface area contributed by atoms with Crippen molar-refractivity contribution in [3.05, 3.63) is 42.2 Å². The van der Waals surface area contributed by atoms with E-state index in [1.807, 2.05) is 0 Å². The highest BCUT2D eigenvalue weighted by molar-refractivity contribution is 5.28. The molecule has 0 aliphatic carbocycles. The smallest absolute Gasteiger partial charge is 0.161 e. The van der Waals surface area contributed by atoms with Crippen LogP contribution in [0.5, 0.6) is 0 Å². The first-order chi connectivity index (χ1) is 6.27. The van der Waals surface area contributed by atoms with Gasteiger partial charge in [-0.3, -0.25) is 0 Å². The molecule has 3 nitrogen and oxygen atoms in total. The van der Waals surface area contributed by atoms with Crippen LogP contribution in [-0.4, -0.2) is 15.0 Å². The van der Waals surface area contributed by atoms with Crippen molar-refractivity contribution < 1.29 is 8.78 Å². The van der Waals surface area contributed by atoms with E-state index in [1.165, 1.54) is 12.4 Å². The molecule has 1 aromatic carbocycles. The number of rotatable bonds is 1. The quantitative estimate of drug-likeness (QED) is 0.663. The molecule has 0 amide bonds. The lowest BCUT2D eigenvalue weighted by Crippen LogP contribution is -1.99. The maximum Gasteiger partial charge on any atom is 0.161 e. The van der Waals surface area contributed by atoms with Crippen molar-refractivity contribution in [2.45, 2.75) is 0 Å². The summed E-state index contributed by atoms with van der Waals surface area (Å²) in [6, 6.07) is 4.40. The number of hydrogen-bond donors (Lipinski definition) is 0. The van der Waals surface area contributed by atoms with Crippen LogP contribution < -0.4 is 0 Å². The van der Waals surface area contributed by atoms with E-state index in [1.54, 1.807) is 0 Å². The van der Waals surface area contributed by atoms with Gasteiger partial charge in [0.2, 0.25) is 0 Å². The van der Waals surface area contributed by atoms with Gasteiger partial charge in [-0.25, -0.2) is 8.78 Å². The molecule has 65 valence electrons. The van der Waals surface area contributed by atoms with E-state index in [9.17, 15) is 8.78 Å². The van der Waals surface area contributed by atoms with Gasteiger partial charge in [0.1, 0.15) is 0 Å². The Labute approximate surface area is 72.6 Å². The Morgan fingerprint density at radius 2 is 1.85 bits per heavy atom. The molecular formula is C8H4F2N3. The predicted molar refractivity (Wildman–Crippen MR) is 40.1 cm³/mol. The van der Waals surface area contributed by atoms with Crippen molar-refractivity contribution in [2.24, 2.45) is 0 Å². The molecule has 2 aromatic rings. The summed E-state index contributed by atoms with van der Waals surface area (Å²) in [5.41, 5.74) is 0.268. The minimum atomic E-state index is -0.939. The third-order valence-electron chi connectivity index (χ3n) is 1.47. The van der Waals surface area contributed by atoms with Crippen molar-refractivity contribution >= 4 is 0 Å². The van der Waals surface area contributed by atoms with E-state index in [0.29, 0.717) is 0 Å². The van der Waals surface area contributed by atoms with Crippen LogP contribution in [0.15, 0.2) is 24.5 Å². The molecule has 0 fully saturated rings. The molecule has 0 aliphatic rings. The highest BCUT2D eigenvalue weighted by atomic mass is 19.2. The van der Waals surface area contributed by atoms with Gasteiger partial charge in [-0.2, -0.15) is 15.0 Å². The van der Waals surface area contributed by atoms with Crippen LogP contribution >= 0.6 is 0 Å². The molecule has 2 rings (SSSR count). The van der Waals surface area contributed by atoms with Crippen molar-refractivity contribution in [2.75, 3.05) is 0 Å². The maximum atomic E-state index is 12.7. The Morgan fingerprint density at radius 3 is 2.46 bits per heavy atom. The third kappa shape index (κ3) is 1.40. The predicted octanol–water partition coefficient (Wildman–Crippen LogP) is 1.35. The molecule has 1 heterocycles. The highest BCUT2D eigenvalue weighted by Gasteiger charge is 2.04. The highest BCUT2D eigenvalue weighted by Crippen LogP contribution is 2.09. The largest absolute Gasteiger partial charge is 0.204 e. The molecule has 13 heavy (non-hydrogen) atoms. The van der Waals surface area contributed by atoms with Crippen LogP contribution in [0.1, 0.15) is 0 Å². The Bertz CT molecular complexity index is 411. The van der Waals surface area contributed by atoms with E-state index in [4.69, 9.17) is 0 Å². The molecule has 0 saturated heterocycles. The maximum absolute atomic E-state index is 12.7. The Balaban J connectivity index is 2.49. The summed E-state index contributed by atoms with van der Waals surface area (Å²) >= 11 is 0. The number of hydrogen-bond acceptors (Lipinski definition) is 2. The summed E-state index contributed by atoms with van der Waals surface area (Å²) in [6.07, 6.45) is 2.88. The molecule has 1 radical (unpaired) electrons. The van der Waals surface area contributed by atoms with E-state index in [0.717, 1.165) is 16.9 Å². The standard InChI is InChI=1S/C8H4F2N3/c9-7-2-1-6(5-8(7)10)13-11-3-4-12-13/h2-5H. The van der Waals surface area contributed by atoms with E-state index in [-0.39, 0.29) is 5.69 Å². The normalized spacial score (nSPS) is 10.3. The zero-order valence-electron chi connectivity index (χ0n) is 6.41. The summed E-state index contributed by atoms with van der Waals surface area (Å²) in [4.78, 5) is 1.16. The number of benzene rings is 1. The molecule has 5 heteroatoms. The molecule has 0 saturated carbocycles. The van der Waals surface area contributed by atoms with Gasteiger partial charge in [-0.15, -0.1) is 0 Å². The van der Waals surface area contributed by atoms with Crippen molar-refractivity contribution in [3.8, 4) is 5.69 Å². The Kier molecular flexibility index (Phi) is 1.77. The minimum absolute atomic E-state index is 0.268. The van der Waals surface area contributed by atoms with Gasteiger partial charge in [0, 0.05) is 12.1 Å². The third-order valence-corrected chi connectivity index (χ3v) is 1.47. The number of aromatic nitrogens is 3. The fraction of sp³-hybridized carbons (Fsp3) is 0. The average molecular weight is 180 g/mol. The lowest BCUT2D eigenvalue weighted by molar-refractivity contribution is 0.506. The molecule has 1 aromatic heterocycles. The zero-order valence-corrected chi connectivity index (χ0v) is 6.41. The monoisotopic (exact) mass is 180 g/mol. The molecule has 0 spiro atoms. The summed E-state index contributed by atoms with van der Waals surface area (Å²) in [5, 5.41) is 7.48. The molecule has 0 atom stereocenters. The second-order valence-electron chi connectivity index (χ2n) is 2.33. The number of halogens is 2. The first kappa shape index (κ1) is 7.85. The molecule has 0 bridgehead atoms. The molecule has 0 unspecified atom stereocenters. The van der Waals surface area contributed by atoms with Crippen molar-refractivity contribution in [1.29, 1.82) is 0 Å². The van der Waals surface area contributed by atoms with Crippen LogP contribution in [0.4, 0.5) is 8.78 Å². The average Bonchev–Trinajstić information content (AvgIpc) is 2.62. The van der Waals surface area contributed by atoms with Crippen LogP contribution in [0.3, 0.4) is 0 Å². The lowest BCUT2D eigenvalue weighted by atomic mass is 10.3. The van der Waals surface area contributed by atoms with Gasteiger partial charge in [-0.1, -0.05) is 0 Å². The fourth-order valence-electron chi connectivity index (χ4n) is 0.893. The summed E-state index contributed by atoms with van der Waals surface area (Å²) in [6.45, 7) is 0. The first-order valence-electron chi connectivity index (χ1n) is 3.51. The van der Waals surface area contributed by atoms with Crippen LogP contribution in [0.25, 0.3) is 5.69 Å². The van der Waals surface area contributed by atoms with Gasteiger partial charge in [0.25, 0.3) is 0 Å². The summed E-state index contributed by atoms with van der Waals surface area (Å²) < 4.78 is 25.2.